The van der Waals surface area contributed by atoms with Crippen LogP contribution in [0.1, 0.15) is 12.0 Å². The zero-order valence-electron chi connectivity index (χ0n) is 6.32. The van der Waals surface area contributed by atoms with Crippen molar-refractivity contribution in [3.63, 3.8) is 0 Å². The molecule has 0 saturated heterocycles. The summed E-state index contributed by atoms with van der Waals surface area (Å²) >= 11 is 0. The average molecular weight is 154 g/mol. The van der Waals surface area contributed by atoms with Crippen LogP contribution in [0.2, 0.25) is 0 Å². The number of carboxylic acids is 1. The van der Waals surface area contributed by atoms with Gasteiger partial charge in [-0.2, -0.15) is 5.10 Å². The van der Waals surface area contributed by atoms with Gasteiger partial charge >= 0.3 is 5.97 Å². The quantitative estimate of drug-likeness (QED) is 0.696. The molecule has 1 rings (SSSR count). The normalized spacial score (nSPS) is 9.91. The first kappa shape index (κ1) is 7.78. The van der Waals surface area contributed by atoms with Gasteiger partial charge in [-0.25, -0.2) is 0 Å². The van der Waals surface area contributed by atoms with Crippen molar-refractivity contribution in [1.29, 1.82) is 0 Å². The Hall–Kier alpha value is -1.32. The lowest BCUT2D eigenvalue weighted by atomic mass is 10.4. The minimum Gasteiger partial charge on any atom is -0.481 e. The first-order valence-corrected chi connectivity index (χ1v) is 3.39. The molecule has 1 aromatic rings. The van der Waals surface area contributed by atoms with Crippen LogP contribution in [-0.2, 0) is 11.3 Å². The fourth-order valence-corrected chi connectivity index (χ4v) is 0.799. The molecular formula is C7H10N2O2. The average Bonchev–Trinajstić information content (AvgIpc) is 2.31. The monoisotopic (exact) mass is 154 g/mol. The molecule has 0 radical (unpaired) electrons. The first-order chi connectivity index (χ1) is 5.18. The highest BCUT2D eigenvalue weighted by atomic mass is 16.4. The molecule has 0 bridgehead atoms. The second kappa shape index (κ2) is 3.18. The van der Waals surface area contributed by atoms with Gasteiger partial charge in [0.05, 0.1) is 19.2 Å². The molecule has 0 aromatic carbocycles. The fourth-order valence-electron chi connectivity index (χ4n) is 0.799. The number of rotatable bonds is 3. The Bertz CT molecular complexity index is 255. The Labute approximate surface area is 64.5 Å². The van der Waals surface area contributed by atoms with Crippen molar-refractivity contribution in [2.24, 2.45) is 0 Å². The number of nitrogens with zero attached hydrogens (tertiary/aromatic N) is 2. The van der Waals surface area contributed by atoms with Crippen LogP contribution in [0.4, 0.5) is 0 Å². The third kappa shape index (κ3) is 2.41. The first-order valence-electron chi connectivity index (χ1n) is 3.39. The van der Waals surface area contributed by atoms with Crippen LogP contribution >= 0.6 is 0 Å². The van der Waals surface area contributed by atoms with Crippen LogP contribution in [0.5, 0.6) is 0 Å². The summed E-state index contributed by atoms with van der Waals surface area (Å²) in [4.78, 5) is 10.1. The van der Waals surface area contributed by atoms with Crippen molar-refractivity contribution in [2.45, 2.75) is 19.9 Å². The van der Waals surface area contributed by atoms with Gasteiger partial charge in [0.25, 0.3) is 0 Å². The van der Waals surface area contributed by atoms with Crippen LogP contribution < -0.4 is 0 Å². The van der Waals surface area contributed by atoms with Gasteiger partial charge in [-0.15, -0.1) is 0 Å². The van der Waals surface area contributed by atoms with E-state index in [4.69, 9.17) is 5.11 Å². The summed E-state index contributed by atoms with van der Waals surface area (Å²) in [6.07, 6.45) is 3.66. The highest BCUT2D eigenvalue weighted by molar-refractivity contribution is 5.66. The molecule has 1 N–H and O–H groups in total. The van der Waals surface area contributed by atoms with E-state index in [1.165, 1.54) is 0 Å². The van der Waals surface area contributed by atoms with E-state index >= 15 is 0 Å². The summed E-state index contributed by atoms with van der Waals surface area (Å²) in [7, 11) is 0. The predicted molar refractivity (Wildman–Crippen MR) is 39.2 cm³/mol. The molecule has 60 valence electrons. The number of hydrogen-bond acceptors (Lipinski definition) is 2. The van der Waals surface area contributed by atoms with E-state index in [2.05, 4.69) is 5.10 Å². The summed E-state index contributed by atoms with van der Waals surface area (Å²) in [6.45, 7) is 2.37. The zero-order chi connectivity index (χ0) is 8.27. The van der Waals surface area contributed by atoms with Gasteiger partial charge < -0.3 is 5.11 Å². The molecule has 0 amide bonds. The van der Waals surface area contributed by atoms with Crippen molar-refractivity contribution >= 4 is 5.97 Å². The maximum absolute atomic E-state index is 10.1. The molecule has 1 aromatic heterocycles. The maximum atomic E-state index is 10.1. The minimum atomic E-state index is -0.793. The minimum absolute atomic E-state index is 0.126. The van der Waals surface area contributed by atoms with Gasteiger partial charge in [-0.05, 0) is 12.5 Å². The van der Waals surface area contributed by atoms with Gasteiger partial charge in [0.15, 0.2) is 0 Å². The van der Waals surface area contributed by atoms with Crippen molar-refractivity contribution < 1.29 is 9.90 Å². The molecule has 1 heterocycles. The summed E-state index contributed by atoms with van der Waals surface area (Å²) < 4.78 is 1.63. The highest BCUT2D eigenvalue weighted by Gasteiger charge is 1.98. The molecule has 4 heteroatoms. The maximum Gasteiger partial charge on any atom is 0.305 e. The summed E-state index contributed by atoms with van der Waals surface area (Å²) in [5.41, 5.74) is 1.05. The largest absolute Gasteiger partial charge is 0.481 e. The molecule has 0 atom stereocenters. The Balaban J connectivity index is 2.45. The van der Waals surface area contributed by atoms with Crippen LogP contribution in [0, 0.1) is 6.92 Å². The Morgan fingerprint density at radius 2 is 2.55 bits per heavy atom. The fraction of sp³-hybridized carbons (Fsp3) is 0.429. The van der Waals surface area contributed by atoms with Gasteiger partial charge in [0, 0.05) is 6.20 Å². The molecule has 0 saturated carbocycles. The molecule has 0 spiro atoms. The number of carboxylic acid groups (broad SMARTS) is 1. The summed E-state index contributed by atoms with van der Waals surface area (Å²) in [5, 5.41) is 12.3. The molecule has 4 nitrogen and oxygen atoms in total. The van der Waals surface area contributed by atoms with E-state index in [-0.39, 0.29) is 6.42 Å². The van der Waals surface area contributed by atoms with Gasteiger partial charge in [0.1, 0.15) is 0 Å². The van der Waals surface area contributed by atoms with Crippen molar-refractivity contribution in [2.75, 3.05) is 0 Å². The third-order valence-corrected chi connectivity index (χ3v) is 1.32. The zero-order valence-corrected chi connectivity index (χ0v) is 6.32. The number of aliphatic carboxylic acids is 1. The molecule has 0 aliphatic carbocycles. The van der Waals surface area contributed by atoms with E-state index in [0.717, 1.165) is 5.56 Å². The predicted octanol–water partition coefficient (Wildman–Crippen LogP) is 0.666. The molecule has 0 aliphatic rings. The lowest BCUT2D eigenvalue weighted by molar-refractivity contribution is -0.137. The topological polar surface area (TPSA) is 55.1 Å². The van der Waals surface area contributed by atoms with E-state index < -0.39 is 5.97 Å². The van der Waals surface area contributed by atoms with E-state index in [1.807, 2.05) is 13.1 Å². The van der Waals surface area contributed by atoms with Crippen LogP contribution in [0.3, 0.4) is 0 Å². The van der Waals surface area contributed by atoms with E-state index in [9.17, 15) is 4.79 Å². The molecular weight excluding hydrogens is 144 g/mol. The van der Waals surface area contributed by atoms with E-state index in [0.29, 0.717) is 6.54 Å². The molecule has 0 fully saturated rings. The number of hydrogen-bond donors (Lipinski definition) is 1. The second-order valence-electron chi connectivity index (χ2n) is 2.42. The second-order valence-corrected chi connectivity index (χ2v) is 2.42. The van der Waals surface area contributed by atoms with Gasteiger partial charge in [-0.1, -0.05) is 0 Å². The van der Waals surface area contributed by atoms with Crippen molar-refractivity contribution in [3.8, 4) is 0 Å². The SMILES string of the molecule is Cc1cnn(CCC(=O)O)c1. The Kier molecular flexibility index (Phi) is 2.25. The van der Waals surface area contributed by atoms with Crippen LogP contribution in [0.15, 0.2) is 12.4 Å². The third-order valence-electron chi connectivity index (χ3n) is 1.32. The smallest absolute Gasteiger partial charge is 0.305 e. The highest BCUT2D eigenvalue weighted by Crippen LogP contribution is 1.95. The lowest BCUT2D eigenvalue weighted by Crippen LogP contribution is -2.04. The number of aryl methyl sites for hydroxylation is 2. The van der Waals surface area contributed by atoms with Gasteiger partial charge in [0.2, 0.25) is 0 Å². The van der Waals surface area contributed by atoms with Gasteiger partial charge in [-0.3, -0.25) is 9.48 Å². The summed E-state index contributed by atoms with van der Waals surface area (Å²) in [6, 6.07) is 0. The Morgan fingerprint density at radius 1 is 1.82 bits per heavy atom. The van der Waals surface area contributed by atoms with Crippen LogP contribution in [-0.4, -0.2) is 20.9 Å². The Morgan fingerprint density at radius 3 is 3.00 bits per heavy atom. The standard InChI is InChI=1S/C7H10N2O2/c1-6-4-8-9(5-6)3-2-7(10)11/h4-5H,2-3H2,1H3,(H,10,11). The summed E-state index contributed by atoms with van der Waals surface area (Å²) in [5.74, 6) is -0.793. The number of aromatic nitrogens is 2. The van der Waals surface area contributed by atoms with Crippen molar-refractivity contribution in [1.82, 2.24) is 9.78 Å². The molecule has 0 unspecified atom stereocenters. The number of carbonyl (C=O) groups is 1. The molecule has 0 aliphatic heterocycles. The van der Waals surface area contributed by atoms with Crippen molar-refractivity contribution in [3.05, 3.63) is 18.0 Å². The lowest BCUT2D eigenvalue weighted by Gasteiger charge is -1.95. The molecule has 11 heavy (non-hydrogen) atoms. The van der Waals surface area contributed by atoms with E-state index in [1.54, 1.807) is 10.9 Å². The van der Waals surface area contributed by atoms with Crippen LogP contribution in [0.25, 0.3) is 0 Å².